The second-order valence-electron chi connectivity index (χ2n) is 1.88. The summed E-state index contributed by atoms with van der Waals surface area (Å²) in [5.74, 6) is 0.505. The van der Waals surface area contributed by atoms with Gasteiger partial charge in [-0.15, -0.1) is 0 Å². The first kappa shape index (κ1) is 8.27. The number of ether oxygens (including phenoxy) is 2. The highest BCUT2D eigenvalue weighted by Crippen LogP contribution is 2.14. The summed E-state index contributed by atoms with van der Waals surface area (Å²) >= 11 is 0. The molecule has 0 atom stereocenters. The van der Waals surface area contributed by atoms with Gasteiger partial charge >= 0.3 is 0 Å². The predicted molar refractivity (Wildman–Crippen MR) is 39.9 cm³/mol. The van der Waals surface area contributed by atoms with Crippen LogP contribution in [0.2, 0.25) is 0 Å². The molecule has 0 spiro atoms. The minimum absolute atomic E-state index is 0.122. The Bertz CT molecular complexity index is 319. The number of methoxy groups -OCH3 is 2. The topological polar surface area (TPSA) is 68.0 Å². The Morgan fingerprint density at radius 1 is 1.42 bits per heavy atom. The maximum absolute atomic E-state index is 8.58. The highest BCUT2D eigenvalue weighted by Gasteiger charge is 2.06. The average Bonchev–Trinajstić information content (AvgIpc) is 2.16. The zero-order valence-electron chi connectivity index (χ0n) is 6.74. The largest absolute Gasteiger partial charge is 0.480 e. The Morgan fingerprint density at radius 3 is 2.67 bits per heavy atom. The molecule has 12 heavy (non-hydrogen) atoms. The standard InChI is InChI=1S/C7H7N3O2/c1-11-6-4-9-7(12-2)5(3-8)10-6/h4H,1-2H3. The normalized spacial score (nSPS) is 8.75. The number of hydrogen-bond acceptors (Lipinski definition) is 5. The molecule has 0 fully saturated rings. The van der Waals surface area contributed by atoms with Crippen molar-refractivity contribution >= 4 is 0 Å². The van der Waals surface area contributed by atoms with Gasteiger partial charge in [-0.3, -0.25) is 0 Å². The van der Waals surface area contributed by atoms with Crippen LogP contribution in [-0.2, 0) is 0 Å². The molecule has 5 nitrogen and oxygen atoms in total. The Labute approximate surface area is 69.6 Å². The van der Waals surface area contributed by atoms with Gasteiger partial charge in [-0.25, -0.2) is 4.98 Å². The summed E-state index contributed by atoms with van der Waals surface area (Å²) in [4.78, 5) is 7.62. The van der Waals surface area contributed by atoms with Gasteiger partial charge in [0.2, 0.25) is 11.6 Å². The van der Waals surface area contributed by atoms with Crippen LogP contribution in [0.15, 0.2) is 6.20 Å². The van der Waals surface area contributed by atoms with E-state index in [4.69, 9.17) is 14.7 Å². The van der Waals surface area contributed by atoms with Crippen LogP contribution in [0.3, 0.4) is 0 Å². The van der Waals surface area contributed by atoms with E-state index in [2.05, 4.69) is 9.97 Å². The number of nitrogens with zero attached hydrogens (tertiary/aromatic N) is 3. The molecule has 0 saturated carbocycles. The lowest BCUT2D eigenvalue weighted by molar-refractivity contribution is 0.373. The summed E-state index contributed by atoms with van der Waals surface area (Å²) in [6.07, 6.45) is 1.39. The fourth-order valence-corrected chi connectivity index (χ4v) is 0.682. The highest BCUT2D eigenvalue weighted by molar-refractivity contribution is 5.32. The van der Waals surface area contributed by atoms with E-state index < -0.39 is 0 Å². The summed E-state index contributed by atoms with van der Waals surface area (Å²) < 4.78 is 9.56. The molecule has 0 aliphatic rings. The van der Waals surface area contributed by atoms with Gasteiger partial charge in [0.15, 0.2) is 0 Å². The van der Waals surface area contributed by atoms with Gasteiger partial charge in [0.25, 0.3) is 5.88 Å². The lowest BCUT2D eigenvalue weighted by Gasteiger charge is -2.01. The van der Waals surface area contributed by atoms with Crippen LogP contribution in [-0.4, -0.2) is 24.2 Å². The molecule has 0 aliphatic carbocycles. The summed E-state index contributed by atoms with van der Waals surface area (Å²) in [5, 5.41) is 8.58. The number of aromatic nitrogens is 2. The van der Waals surface area contributed by atoms with E-state index >= 15 is 0 Å². The molecule has 0 bridgehead atoms. The van der Waals surface area contributed by atoms with Crippen LogP contribution in [0.1, 0.15) is 5.69 Å². The molecule has 0 saturated heterocycles. The first-order valence-electron chi connectivity index (χ1n) is 3.17. The van der Waals surface area contributed by atoms with E-state index in [9.17, 15) is 0 Å². The zero-order valence-corrected chi connectivity index (χ0v) is 6.74. The van der Waals surface area contributed by atoms with E-state index in [-0.39, 0.29) is 11.6 Å². The van der Waals surface area contributed by atoms with E-state index in [0.29, 0.717) is 5.88 Å². The van der Waals surface area contributed by atoms with E-state index in [1.807, 2.05) is 6.07 Å². The minimum Gasteiger partial charge on any atom is -0.480 e. The van der Waals surface area contributed by atoms with Crippen molar-refractivity contribution in [3.05, 3.63) is 11.9 Å². The molecule has 62 valence electrons. The molecule has 0 aliphatic heterocycles. The number of rotatable bonds is 2. The average molecular weight is 165 g/mol. The monoisotopic (exact) mass is 165 g/mol. The smallest absolute Gasteiger partial charge is 0.251 e. The lowest BCUT2D eigenvalue weighted by Crippen LogP contribution is -1.97. The van der Waals surface area contributed by atoms with Crippen LogP contribution in [0.25, 0.3) is 0 Å². The zero-order chi connectivity index (χ0) is 8.97. The van der Waals surface area contributed by atoms with Crippen molar-refractivity contribution in [2.24, 2.45) is 0 Å². The van der Waals surface area contributed by atoms with Crippen LogP contribution < -0.4 is 9.47 Å². The van der Waals surface area contributed by atoms with Gasteiger partial charge in [0.1, 0.15) is 6.07 Å². The Hall–Kier alpha value is -1.83. The Morgan fingerprint density at radius 2 is 2.17 bits per heavy atom. The molecule has 0 radical (unpaired) electrons. The summed E-state index contributed by atoms with van der Waals surface area (Å²) in [6.45, 7) is 0. The molecule has 1 heterocycles. The number of hydrogen-bond donors (Lipinski definition) is 0. The van der Waals surface area contributed by atoms with Crippen molar-refractivity contribution in [1.29, 1.82) is 5.26 Å². The third-order valence-corrected chi connectivity index (χ3v) is 1.23. The van der Waals surface area contributed by atoms with E-state index in [1.54, 1.807) is 0 Å². The van der Waals surface area contributed by atoms with Crippen molar-refractivity contribution in [3.63, 3.8) is 0 Å². The van der Waals surface area contributed by atoms with Crippen molar-refractivity contribution in [2.75, 3.05) is 14.2 Å². The first-order valence-corrected chi connectivity index (χ1v) is 3.17. The third kappa shape index (κ3) is 1.42. The fourth-order valence-electron chi connectivity index (χ4n) is 0.682. The maximum Gasteiger partial charge on any atom is 0.251 e. The van der Waals surface area contributed by atoms with Crippen LogP contribution >= 0.6 is 0 Å². The highest BCUT2D eigenvalue weighted by atomic mass is 16.5. The maximum atomic E-state index is 8.58. The fraction of sp³-hybridized carbons (Fsp3) is 0.286. The van der Waals surface area contributed by atoms with Gasteiger partial charge in [-0.05, 0) is 0 Å². The molecule has 0 amide bonds. The molecule has 0 unspecified atom stereocenters. The lowest BCUT2D eigenvalue weighted by atomic mass is 10.5. The molecular formula is C7H7N3O2. The quantitative estimate of drug-likeness (QED) is 0.633. The SMILES string of the molecule is COc1cnc(OC)c(C#N)n1. The summed E-state index contributed by atoms with van der Waals surface area (Å²) in [6, 6.07) is 1.84. The second-order valence-corrected chi connectivity index (χ2v) is 1.88. The summed E-state index contributed by atoms with van der Waals surface area (Å²) in [7, 11) is 2.88. The Balaban J connectivity index is 3.13. The number of nitriles is 1. The van der Waals surface area contributed by atoms with Crippen molar-refractivity contribution < 1.29 is 9.47 Å². The molecule has 5 heteroatoms. The van der Waals surface area contributed by atoms with Crippen LogP contribution in [0.5, 0.6) is 11.8 Å². The van der Waals surface area contributed by atoms with Crippen molar-refractivity contribution in [2.45, 2.75) is 0 Å². The van der Waals surface area contributed by atoms with E-state index in [1.165, 1.54) is 20.4 Å². The van der Waals surface area contributed by atoms with Gasteiger partial charge in [-0.2, -0.15) is 10.2 Å². The second kappa shape index (κ2) is 3.53. The first-order chi connectivity index (χ1) is 5.81. The van der Waals surface area contributed by atoms with Gasteiger partial charge in [0, 0.05) is 0 Å². The molecule has 1 rings (SSSR count). The molecule has 0 aromatic carbocycles. The van der Waals surface area contributed by atoms with Gasteiger partial charge < -0.3 is 9.47 Å². The van der Waals surface area contributed by atoms with Gasteiger partial charge in [0.05, 0.1) is 20.4 Å². The minimum atomic E-state index is 0.122. The predicted octanol–water partition coefficient (Wildman–Crippen LogP) is 0.365. The van der Waals surface area contributed by atoms with Crippen LogP contribution in [0, 0.1) is 11.3 Å². The van der Waals surface area contributed by atoms with Crippen molar-refractivity contribution in [3.8, 4) is 17.8 Å². The Kier molecular flexibility index (Phi) is 2.43. The molecular weight excluding hydrogens is 158 g/mol. The van der Waals surface area contributed by atoms with Gasteiger partial charge in [-0.1, -0.05) is 0 Å². The molecule has 1 aromatic heterocycles. The summed E-state index contributed by atoms with van der Waals surface area (Å²) in [5.41, 5.74) is 0.122. The van der Waals surface area contributed by atoms with E-state index in [0.717, 1.165) is 0 Å². The van der Waals surface area contributed by atoms with Crippen LogP contribution in [0.4, 0.5) is 0 Å². The third-order valence-electron chi connectivity index (χ3n) is 1.23. The molecule has 0 N–H and O–H groups in total. The van der Waals surface area contributed by atoms with Crippen molar-refractivity contribution in [1.82, 2.24) is 9.97 Å². The molecule has 1 aromatic rings.